The minimum atomic E-state index is -5.09. The van der Waals surface area contributed by atoms with E-state index in [-0.39, 0.29) is 42.8 Å². The van der Waals surface area contributed by atoms with Crippen molar-refractivity contribution in [1.82, 2.24) is 0 Å². The van der Waals surface area contributed by atoms with E-state index in [2.05, 4.69) is 0 Å². The predicted octanol–water partition coefficient (Wildman–Crippen LogP) is 5.80. The number of hydrogen-bond donors (Lipinski definition) is 0. The molecule has 1 saturated heterocycles. The molecule has 0 spiro atoms. The third kappa shape index (κ3) is 5.15. The number of rotatable bonds is 10. The Bertz CT molecular complexity index is 1150. The number of hydrogen-bond acceptors (Lipinski definition) is 4. The summed E-state index contributed by atoms with van der Waals surface area (Å²) in [6.45, 7) is 1.22. The van der Waals surface area contributed by atoms with Gasteiger partial charge in [0.05, 0.1) is 13.2 Å². The van der Waals surface area contributed by atoms with E-state index in [0.29, 0.717) is 24.5 Å². The molecule has 3 aromatic rings. The molecule has 1 aliphatic heterocycles. The van der Waals surface area contributed by atoms with Crippen LogP contribution in [0.5, 0.6) is 11.5 Å². The Kier molecular flexibility index (Phi) is 7.46. The van der Waals surface area contributed by atoms with Crippen molar-refractivity contribution in [2.24, 2.45) is 0 Å². The maximum atomic E-state index is 15.1. The average Bonchev–Trinajstić information content (AvgIpc) is 3.67. The maximum absolute atomic E-state index is 15.1. The molecule has 3 aromatic carbocycles. The number of methoxy groups -OCH3 is 1. The highest BCUT2D eigenvalue weighted by atomic mass is 19.4. The fourth-order valence-electron chi connectivity index (χ4n) is 3.96. The summed E-state index contributed by atoms with van der Waals surface area (Å²) in [5, 5.41) is 0. The summed E-state index contributed by atoms with van der Waals surface area (Å²) in [6.07, 6.45) is -5.15. The van der Waals surface area contributed by atoms with Crippen molar-refractivity contribution >= 4 is 0 Å². The smallest absolute Gasteiger partial charge is 0.406 e. The van der Waals surface area contributed by atoms with Crippen molar-refractivity contribution in [1.29, 1.82) is 0 Å². The summed E-state index contributed by atoms with van der Waals surface area (Å²) in [4.78, 5) is 0. The summed E-state index contributed by atoms with van der Waals surface area (Å²) in [5.74, 6) is -4.76. The molecule has 36 heavy (non-hydrogen) atoms. The van der Waals surface area contributed by atoms with Crippen LogP contribution in [0, 0.1) is 17.5 Å². The van der Waals surface area contributed by atoms with Crippen molar-refractivity contribution in [3.05, 3.63) is 94.8 Å². The van der Waals surface area contributed by atoms with Gasteiger partial charge in [0.25, 0.3) is 0 Å². The van der Waals surface area contributed by atoms with Gasteiger partial charge in [0.15, 0.2) is 17.5 Å². The van der Waals surface area contributed by atoms with E-state index in [1.807, 2.05) is 0 Å². The minimum absolute atomic E-state index is 0.0614. The van der Waals surface area contributed by atoms with Crippen LogP contribution in [0.3, 0.4) is 0 Å². The SMILES string of the molecule is COCCOc1ccc(C(c2ccc(OCC3CO3)cc2)(c2cc(F)c(F)c(F)c2)C(F)(F)F)cc1. The third-order valence-corrected chi connectivity index (χ3v) is 5.81. The van der Waals surface area contributed by atoms with Gasteiger partial charge in [0.1, 0.15) is 36.2 Å². The molecular formula is C26H22F6O4. The minimum Gasteiger partial charge on any atom is -0.491 e. The van der Waals surface area contributed by atoms with E-state index in [9.17, 15) is 13.2 Å². The van der Waals surface area contributed by atoms with E-state index in [1.54, 1.807) is 0 Å². The lowest BCUT2D eigenvalue weighted by molar-refractivity contribution is -0.166. The van der Waals surface area contributed by atoms with Crippen LogP contribution in [-0.4, -0.2) is 45.8 Å². The van der Waals surface area contributed by atoms with Gasteiger partial charge in [0.2, 0.25) is 0 Å². The molecule has 0 saturated carbocycles. The first kappa shape index (κ1) is 25.8. The third-order valence-electron chi connectivity index (χ3n) is 5.81. The molecule has 2 unspecified atom stereocenters. The molecule has 4 nitrogen and oxygen atoms in total. The molecule has 1 heterocycles. The van der Waals surface area contributed by atoms with Crippen LogP contribution in [0.4, 0.5) is 26.3 Å². The van der Waals surface area contributed by atoms with Crippen LogP contribution in [0.15, 0.2) is 60.7 Å². The van der Waals surface area contributed by atoms with E-state index < -0.39 is 34.6 Å². The molecule has 192 valence electrons. The molecule has 0 amide bonds. The van der Waals surface area contributed by atoms with Crippen LogP contribution in [0.2, 0.25) is 0 Å². The second kappa shape index (κ2) is 10.4. The second-order valence-electron chi connectivity index (χ2n) is 8.16. The van der Waals surface area contributed by atoms with Gasteiger partial charge in [-0.2, -0.15) is 13.2 Å². The fraction of sp³-hybridized carbons (Fsp3) is 0.308. The van der Waals surface area contributed by atoms with Crippen LogP contribution in [0.25, 0.3) is 0 Å². The molecule has 2 atom stereocenters. The Balaban J connectivity index is 1.85. The summed E-state index contributed by atoms with van der Waals surface area (Å²) >= 11 is 0. The Labute approximate surface area is 203 Å². The normalized spacial score (nSPS) is 16.9. The highest BCUT2D eigenvalue weighted by molar-refractivity contribution is 5.54. The molecule has 0 bridgehead atoms. The number of halogens is 6. The number of benzene rings is 3. The molecule has 0 aromatic heterocycles. The van der Waals surface area contributed by atoms with E-state index in [1.165, 1.54) is 43.5 Å². The Morgan fingerprint density at radius 3 is 1.72 bits per heavy atom. The Hall–Kier alpha value is -3.24. The molecule has 1 aliphatic rings. The molecule has 0 N–H and O–H groups in total. The topological polar surface area (TPSA) is 40.2 Å². The Morgan fingerprint density at radius 1 is 0.778 bits per heavy atom. The number of epoxide rings is 1. The molecular weight excluding hydrogens is 490 g/mol. The highest BCUT2D eigenvalue weighted by Gasteiger charge is 2.58. The van der Waals surface area contributed by atoms with Crippen molar-refractivity contribution in [3.63, 3.8) is 0 Å². The van der Waals surface area contributed by atoms with Gasteiger partial charge >= 0.3 is 6.18 Å². The van der Waals surface area contributed by atoms with Crippen LogP contribution >= 0.6 is 0 Å². The van der Waals surface area contributed by atoms with Crippen LogP contribution < -0.4 is 9.47 Å². The van der Waals surface area contributed by atoms with Crippen molar-refractivity contribution in [2.75, 3.05) is 33.5 Å². The average molecular weight is 512 g/mol. The predicted molar refractivity (Wildman–Crippen MR) is 118 cm³/mol. The summed E-state index contributed by atoms with van der Waals surface area (Å²) in [6, 6.07) is 10.7. The zero-order valence-electron chi connectivity index (χ0n) is 19.1. The quantitative estimate of drug-likeness (QED) is 0.113. The molecule has 1 fully saturated rings. The van der Waals surface area contributed by atoms with Gasteiger partial charge in [-0.15, -0.1) is 0 Å². The van der Waals surface area contributed by atoms with Crippen LogP contribution in [-0.2, 0) is 14.9 Å². The van der Waals surface area contributed by atoms with E-state index >= 15 is 13.2 Å². The first-order valence-corrected chi connectivity index (χ1v) is 11.0. The maximum Gasteiger partial charge on any atom is 0.406 e. The largest absolute Gasteiger partial charge is 0.491 e. The van der Waals surface area contributed by atoms with Gasteiger partial charge < -0.3 is 18.9 Å². The second-order valence-corrected chi connectivity index (χ2v) is 8.16. The lowest BCUT2D eigenvalue weighted by Gasteiger charge is -2.37. The van der Waals surface area contributed by atoms with E-state index in [4.69, 9.17) is 18.9 Å². The number of alkyl halides is 3. The highest BCUT2D eigenvalue weighted by Crippen LogP contribution is 2.52. The molecule has 0 aliphatic carbocycles. The van der Waals surface area contributed by atoms with Gasteiger partial charge in [0, 0.05) is 7.11 Å². The summed E-state index contributed by atoms with van der Waals surface area (Å²) in [7, 11) is 1.47. The Morgan fingerprint density at radius 2 is 1.28 bits per heavy atom. The fourth-order valence-corrected chi connectivity index (χ4v) is 3.96. The van der Waals surface area contributed by atoms with Crippen molar-refractivity contribution in [2.45, 2.75) is 17.7 Å². The van der Waals surface area contributed by atoms with Crippen molar-refractivity contribution < 1.29 is 45.3 Å². The summed E-state index contributed by atoms with van der Waals surface area (Å²) in [5.41, 5.74) is -4.55. The summed E-state index contributed by atoms with van der Waals surface area (Å²) < 4.78 is 108. The zero-order valence-corrected chi connectivity index (χ0v) is 19.1. The first-order chi connectivity index (χ1) is 17.2. The van der Waals surface area contributed by atoms with Gasteiger partial charge in [-0.3, -0.25) is 0 Å². The van der Waals surface area contributed by atoms with Gasteiger partial charge in [-0.25, -0.2) is 13.2 Å². The van der Waals surface area contributed by atoms with Gasteiger partial charge in [-0.1, -0.05) is 24.3 Å². The van der Waals surface area contributed by atoms with Crippen molar-refractivity contribution in [3.8, 4) is 11.5 Å². The van der Waals surface area contributed by atoms with Crippen LogP contribution in [0.1, 0.15) is 16.7 Å². The molecule has 10 heteroatoms. The van der Waals surface area contributed by atoms with Gasteiger partial charge in [-0.05, 0) is 53.1 Å². The van der Waals surface area contributed by atoms with E-state index in [0.717, 1.165) is 12.1 Å². The molecule has 0 radical (unpaired) electrons. The molecule has 4 rings (SSSR count). The monoisotopic (exact) mass is 512 g/mol. The zero-order chi connectivity index (χ0) is 25.9. The number of ether oxygens (including phenoxy) is 4. The lowest BCUT2D eigenvalue weighted by atomic mass is 9.68. The lowest BCUT2D eigenvalue weighted by Crippen LogP contribution is -2.44. The standard InChI is InChI=1S/C26H22F6O4/c1-33-10-11-34-19-6-2-16(3-7-19)25(26(30,31)32,18-12-22(27)24(29)23(28)13-18)17-4-8-20(9-5-17)35-14-21-15-36-21/h2-9,12-13,21H,10-11,14-15H2,1H3. The first-order valence-electron chi connectivity index (χ1n) is 11.0.